The first kappa shape index (κ1) is 14.5. The van der Waals surface area contributed by atoms with Gasteiger partial charge in [-0.25, -0.2) is 4.79 Å². The van der Waals surface area contributed by atoms with Crippen LogP contribution in [0.5, 0.6) is 0 Å². The molecule has 0 aromatic heterocycles. The number of benzene rings is 1. The number of halogens is 2. The number of carbonyl (C=O) groups is 1. The van der Waals surface area contributed by atoms with Crippen LogP contribution in [0.2, 0.25) is 0 Å². The number of carboxylic acids is 1. The van der Waals surface area contributed by atoms with Crippen LogP contribution in [0.15, 0.2) is 18.2 Å². The lowest BCUT2D eigenvalue weighted by atomic mass is 9.97. The molecule has 0 amide bonds. The summed E-state index contributed by atoms with van der Waals surface area (Å²) in [4.78, 5) is 10.8. The molecule has 0 saturated carbocycles. The highest BCUT2D eigenvalue weighted by Crippen LogP contribution is 2.22. The topological polar surface area (TPSA) is 57.5 Å². The molecule has 0 aliphatic rings. The van der Waals surface area contributed by atoms with E-state index < -0.39 is 12.1 Å². The van der Waals surface area contributed by atoms with Gasteiger partial charge in [-0.3, -0.25) is 0 Å². The second-order valence-electron chi connectivity index (χ2n) is 3.70. The fourth-order valence-corrected chi connectivity index (χ4v) is 2.05. The Morgan fingerprint density at radius 3 is 2.71 bits per heavy atom. The highest BCUT2D eigenvalue weighted by atomic mass is 79.9. The van der Waals surface area contributed by atoms with Crippen molar-refractivity contribution in [2.75, 3.05) is 5.33 Å². The molecule has 1 unspecified atom stereocenters. The van der Waals surface area contributed by atoms with Crippen LogP contribution < -0.4 is 0 Å². The Labute approximate surface area is 114 Å². The van der Waals surface area contributed by atoms with Gasteiger partial charge in [0.25, 0.3) is 0 Å². The number of aliphatic hydroxyl groups excluding tert-OH is 1. The third kappa shape index (κ3) is 3.98. The van der Waals surface area contributed by atoms with E-state index in [2.05, 4.69) is 15.9 Å². The lowest BCUT2D eigenvalue weighted by Crippen LogP contribution is -2.13. The summed E-state index contributed by atoms with van der Waals surface area (Å²) in [5, 5.41) is 19.3. The maximum atomic E-state index is 10.8. The zero-order valence-corrected chi connectivity index (χ0v) is 11.5. The summed E-state index contributed by atoms with van der Waals surface area (Å²) in [5.74, 6) is -0.935. The Kier molecular flexibility index (Phi) is 5.95. The quantitative estimate of drug-likeness (QED) is 0.792. The van der Waals surface area contributed by atoms with Crippen molar-refractivity contribution in [3.63, 3.8) is 0 Å². The average Bonchev–Trinajstić information content (AvgIpc) is 2.35. The first-order chi connectivity index (χ1) is 8.10. The smallest absolute Gasteiger partial charge is 0.337 e. The number of hydrogen-bond donors (Lipinski definition) is 2. The van der Waals surface area contributed by atoms with Crippen LogP contribution in [0.25, 0.3) is 0 Å². The van der Waals surface area contributed by atoms with Crippen LogP contribution in [-0.4, -0.2) is 21.5 Å². The number of carboxylic acid groups (broad SMARTS) is 1. The van der Waals surface area contributed by atoms with E-state index >= 15 is 0 Å². The van der Waals surface area contributed by atoms with Crippen molar-refractivity contribution in [1.82, 2.24) is 0 Å². The summed E-state index contributed by atoms with van der Waals surface area (Å²) < 4.78 is 0. The minimum atomic E-state index is -1.48. The van der Waals surface area contributed by atoms with Gasteiger partial charge in [0, 0.05) is 11.2 Å². The van der Waals surface area contributed by atoms with Gasteiger partial charge in [0.1, 0.15) is 0 Å². The first-order valence-corrected chi connectivity index (χ1v) is 6.90. The van der Waals surface area contributed by atoms with Crippen LogP contribution >= 0.6 is 27.5 Å². The molecular weight excluding hydrogens is 307 g/mol. The standard InChI is InChI=1S/C12H14BrClO3/c13-5-1-2-9-4-3-8(7-14)6-10(9)11(15)12(16)17/h3-4,6,11,15H,1-2,5,7H2,(H,16,17). The SMILES string of the molecule is O=C(O)C(O)c1cc(CCl)ccc1CCCBr. The van der Waals surface area contributed by atoms with Gasteiger partial charge in [0.2, 0.25) is 0 Å². The molecule has 17 heavy (non-hydrogen) atoms. The molecule has 0 aliphatic heterocycles. The Balaban J connectivity index is 3.06. The summed E-state index contributed by atoms with van der Waals surface area (Å²) in [6, 6.07) is 5.35. The number of hydrogen-bond acceptors (Lipinski definition) is 2. The van der Waals surface area contributed by atoms with Crippen molar-refractivity contribution >= 4 is 33.5 Å². The molecule has 0 bridgehead atoms. The van der Waals surface area contributed by atoms with E-state index in [1.165, 1.54) is 0 Å². The summed E-state index contributed by atoms with van der Waals surface area (Å²) in [5.41, 5.74) is 2.11. The predicted octanol–water partition coefficient (Wildman–Crippen LogP) is 2.87. The molecule has 0 aliphatic carbocycles. The minimum absolute atomic E-state index is 0.304. The molecule has 0 radical (unpaired) electrons. The normalized spacial score (nSPS) is 12.4. The van der Waals surface area contributed by atoms with Crippen molar-refractivity contribution < 1.29 is 15.0 Å². The molecule has 3 nitrogen and oxygen atoms in total. The van der Waals surface area contributed by atoms with E-state index in [4.69, 9.17) is 16.7 Å². The molecule has 0 spiro atoms. The molecule has 1 aromatic carbocycles. The van der Waals surface area contributed by atoms with Gasteiger partial charge in [0.05, 0.1) is 0 Å². The Hall–Kier alpha value is -0.580. The maximum absolute atomic E-state index is 10.8. The van der Waals surface area contributed by atoms with Crippen LogP contribution in [0.4, 0.5) is 0 Å². The van der Waals surface area contributed by atoms with Gasteiger partial charge in [-0.1, -0.05) is 34.1 Å². The van der Waals surface area contributed by atoms with E-state index in [0.717, 1.165) is 29.3 Å². The zero-order chi connectivity index (χ0) is 12.8. The fraction of sp³-hybridized carbons (Fsp3) is 0.417. The highest BCUT2D eigenvalue weighted by Gasteiger charge is 2.19. The van der Waals surface area contributed by atoms with E-state index in [-0.39, 0.29) is 0 Å². The van der Waals surface area contributed by atoms with Gasteiger partial charge < -0.3 is 10.2 Å². The molecular formula is C12H14BrClO3. The van der Waals surface area contributed by atoms with Crippen molar-refractivity contribution in [1.29, 1.82) is 0 Å². The molecule has 1 rings (SSSR count). The van der Waals surface area contributed by atoms with Crippen LogP contribution in [0.3, 0.4) is 0 Å². The molecule has 5 heteroatoms. The van der Waals surface area contributed by atoms with Gasteiger partial charge >= 0.3 is 5.97 Å². The fourth-order valence-electron chi connectivity index (χ4n) is 1.60. The maximum Gasteiger partial charge on any atom is 0.337 e. The summed E-state index contributed by atoms with van der Waals surface area (Å²) >= 11 is 9.03. The summed E-state index contributed by atoms with van der Waals surface area (Å²) in [7, 11) is 0. The molecule has 94 valence electrons. The Morgan fingerprint density at radius 1 is 1.47 bits per heavy atom. The number of aliphatic hydroxyl groups is 1. The van der Waals surface area contributed by atoms with Gasteiger partial charge in [0.15, 0.2) is 6.10 Å². The van der Waals surface area contributed by atoms with Crippen molar-refractivity contribution in [3.05, 3.63) is 34.9 Å². The van der Waals surface area contributed by atoms with Gasteiger partial charge in [-0.15, -0.1) is 11.6 Å². The summed E-state index contributed by atoms with van der Waals surface area (Å²) in [6.45, 7) is 0. The minimum Gasteiger partial charge on any atom is -0.479 e. The number of aliphatic carboxylic acids is 1. The molecule has 1 aromatic rings. The Morgan fingerprint density at radius 2 is 2.18 bits per heavy atom. The molecule has 1 atom stereocenters. The highest BCUT2D eigenvalue weighted by molar-refractivity contribution is 9.09. The molecule has 0 heterocycles. The molecule has 2 N–H and O–H groups in total. The van der Waals surface area contributed by atoms with Crippen LogP contribution in [-0.2, 0) is 17.1 Å². The largest absolute Gasteiger partial charge is 0.479 e. The van der Waals surface area contributed by atoms with Crippen molar-refractivity contribution in [2.45, 2.75) is 24.8 Å². The number of rotatable bonds is 6. The Bertz CT molecular complexity index is 395. The average molecular weight is 322 g/mol. The molecule has 0 saturated heterocycles. The second kappa shape index (κ2) is 6.99. The lowest BCUT2D eigenvalue weighted by Gasteiger charge is -2.13. The lowest BCUT2D eigenvalue weighted by molar-refractivity contribution is -0.147. The van der Waals surface area contributed by atoms with E-state index in [0.29, 0.717) is 11.4 Å². The first-order valence-electron chi connectivity index (χ1n) is 5.24. The number of aryl methyl sites for hydroxylation is 1. The zero-order valence-electron chi connectivity index (χ0n) is 9.20. The predicted molar refractivity (Wildman–Crippen MR) is 70.7 cm³/mol. The van der Waals surface area contributed by atoms with E-state index in [1.54, 1.807) is 6.07 Å². The van der Waals surface area contributed by atoms with Gasteiger partial charge in [-0.05, 0) is 29.5 Å². The third-order valence-corrected chi connectivity index (χ3v) is 3.34. The summed E-state index contributed by atoms with van der Waals surface area (Å²) in [6.07, 6.45) is 0.135. The van der Waals surface area contributed by atoms with Crippen LogP contribution in [0.1, 0.15) is 29.2 Å². The second-order valence-corrected chi connectivity index (χ2v) is 4.76. The number of alkyl halides is 2. The van der Waals surface area contributed by atoms with Crippen molar-refractivity contribution in [3.8, 4) is 0 Å². The van der Waals surface area contributed by atoms with Crippen molar-refractivity contribution in [2.24, 2.45) is 0 Å². The third-order valence-electron chi connectivity index (χ3n) is 2.47. The van der Waals surface area contributed by atoms with E-state index in [1.807, 2.05) is 12.1 Å². The monoisotopic (exact) mass is 320 g/mol. The molecule has 0 fully saturated rings. The van der Waals surface area contributed by atoms with Gasteiger partial charge in [-0.2, -0.15) is 0 Å². The van der Waals surface area contributed by atoms with Crippen LogP contribution in [0, 0.1) is 0 Å². The van der Waals surface area contributed by atoms with E-state index in [9.17, 15) is 9.90 Å².